The molecule has 0 fully saturated rings. The van der Waals surface area contributed by atoms with Crippen LogP contribution in [0, 0.1) is 0 Å². The van der Waals surface area contributed by atoms with Crippen molar-refractivity contribution in [2.75, 3.05) is 7.11 Å². The van der Waals surface area contributed by atoms with E-state index < -0.39 is 0 Å². The van der Waals surface area contributed by atoms with Crippen molar-refractivity contribution in [3.05, 3.63) is 107 Å². The van der Waals surface area contributed by atoms with Crippen molar-refractivity contribution < 1.29 is 9.53 Å². The number of hydrogen-bond donors (Lipinski definition) is 2. The van der Waals surface area contributed by atoms with Crippen LogP contribution in [-0.2, 0) is 5.75 Å². The fraction of sp³-hybridized carbons (Fsp3) is 0.125. The van der Waals surface area contributed by atoms with Gasteiger partial charge in [0.05, 0.1) is 13.2 Å². The highest BCUT2D eigenvalue weighted by Crippen LogP contribution is 2.25. The number of aromatic nitrogens is 3. The summed E-state index contributed by atoms with van der Waals surface area (Å²) in [5.41, 5.74) is 3.72. The molecule has 31 heavy (non-hydrogen) atoms. The highest BCUT2D eigenvalue weighted by Gasteiger charge is 2.18. The number of carbonyl (C=O) groups excluding carboxylic acids is 1. The number of thioether (sulfide) groups is 1. The van der Waals surface area contributed by atoms with E-state index in [0.29, 0.717) is 5.56 Å². The molecule has 0 aliphatic rings. The fourth-order valence-electron chi connectivity index (χ4n) is 3.18. The zero-order valence-electron chi connectivity index (χ0n) is 17.0. The van der Waals surface area contributed by atoms with Crippen LogP contribution in [0.2, 0.25) is 0 Å². The fourth-order valence-corrected chi connectivity index (χ4v) is 3.92. The van der Waals surface area contributed by atoms with Crippen LogP contribution in [0.25, 0.3) is 0 Å². The van der Waals surface area contributed by atoms with Gasteiger partial charge in [-0.25, -0.2) is 4.98 Å². The minimum absolute atomic E-state index is 0.126. The van der Waals surface area contributed by atoms with Crippen LogP contribution in [-0.4, -0.2) is 28.2 Å². The minimum atomic E-state index is -0.263. The third-order valence-corrected chi connectivity index (χ3v) is 5.79. The number of hydrogen-bond acceptors (Lipinski definition) is 5. The summed E-state index contributed by atoms with van der Waals surface area (Å²) in [5, 5.41) is 10.6. The summed E-state index contributed by atoms with van der Waals surface area (Å²) in [6, 6.07) is 25.0. The number of amides is 1. The summed E-state index contributed by atoms with van der Waals surface area (Å²) in [6.07, 6.45) is 1.49. The number of benzene rings is 3. The SMILES string of the molecule is COc1ccc([C@H](NC(=O)c2ccc(CSc3ncn[nH]3)cc2)c2ccccc2)cc1. The van der Waals surface area contributed by atoms with Crippen molar-refractivity contribution in [2.24, 2.45) is 0 Å². The van der Waals surface area contributed by atoms with E-state index in [1.54, 1.807) is 18.9 Å². The Morgan fingerprint density at radius 1 is 1.00 bits per heavy atom. The lowest BCUT2D eigenvalue weighted by molar-refractivity contribution is 0.0943. The third-order valence-electron chi connectivity index (χ3n) is 4.84. The monoisotopic (exact) mass is 430 g/mol. The molecule has 0 radical (unpaired) electrons. The van der Waals surface area contributed by atoms with E-state index in [-0.39, 0.29) is 11.9 Å². The van der Waals surface area contributed by atoms with Gasteiger partial charge in [-0.1, -0.05) is 66.4 Å². The first-order valence-corrected chi connectivity index (χ1v) is 10.8. The van der Waals surface area contributed by atoms with Crippen LogP contribution in [0.4, 0.5) is 0 Å². The van der Waals surface area contributed by atoms with Crippen molar-refractivity contribution in [1.82, 2.24) is 20.5 Å². The van der Waals surface area contributed by atoms with Crippen LogP contribution in [0.5, 0.6) is 5.75 Å². The summed E-state index contributed by atoms with van der Waals surface area (Å²) >= 11 is 1.56. The van der Waals surface area contributed by atoms with Gasteiger partial charge in [0.2, 0.25) is 0 Å². The highest BCUT2D eigenvalue weighted by atomic mass is 32.2. The van der Waals surface area contributed by atoms with Crippen molar-refractivity contribution >= 4 is 17.7 Å². The van der Waals surface area contributed by atoms with Crippen molar-refractivity contribution in [2.45, 2.75) is 17.0 Å². The predicted molar refractivity (Wildman–Crippen MR) is 121 cm³/mol. The molecular formula is C24H22N4O2S. The summed E-state index contributed by atoms with van der Waals surface area (Å²) in [4.78, 5) is 17.1. The van der Waals surface area contributed by atoms with E-state index in [4.69, 9.17) is 4.74 Å². The van der Waals surface area contributed by atoms with Crippen LogP contribution in [0.1, 0.15) is 33.1 Å². The number of ether oxygens (including phenoxy) is 1. The normalized spacial score (nSPS) is 11.6. The molecule has 0 aliphatic heterocycles. The molecule has 0 spiro atoms. The van der Waals surface area contributed by atoms with Gasteiger partial charge in [-0.2, -0.15) is 5.10 Å². The summed E-state index contributed by atoms with van der Waals surface area (Å²) < 4.78 is 5.26. The molecule has 1 amide bonds. The van der Waals surface area contributed by atoms with Gasteiger partial charge in [0.25, 0.3) is 5.91 Å². The maximum atomic E-state index is 13.0. The number of carbonyl (C=O) groups is 1. The zero-order chi connectivity index (χ0) is 21.5. The van der Waals surface area contributed by atoms with E-state index in [1.807, 2.05) is 78.9 Å². The third kappa shape index (κ3) is 5.32. The number of nitrogens with one attached hydrogen (secondary N) is 2. The highest BCUT2D eigenvalue weighted by molar-refractivity contribution is 7.98. The van der Waals surface area contributed by atoms with E-state index >= 15 is 0 Å². The molecule has 0 unspecified atom stereocenters. The van der Waals surface area contributed by atoms with Gasteiger partial charge in [-0.15, -0.1) is 0 Å². The Labute approximate surface area is 185 Å². The van der Waals surface area contributed by atoms with Gasteiger partial charge >= 0.3 is 0 Å². The van der Waals surface area contributed by atoms with Gasteiger partial charge in [-0.3, -0.25) is 9.89 Å². The molecule has 7 heteroatoms. The molecular weight excluding hydrogens is 408 g/mol. The molecule has 2 N–H and O–H groups in total. The summed E-state index contributed by atoms with van der Waals surface area (Å²) in [5.74, 6) is 1.40. The largest absolute Gasteiger partial charge is 0.497 e. The summed E-state index contributed by atoms with van der Waals surface area (Å²) in [7, 11) is 1.64. The maximum absolute atomic E-state index is 13.0. The Morgan fingerprint density at radius 3 is 2.35 bits per heavy atom. The quantitative estimate of drug-likeness (QED) is 0.399. The number of rotatable bonds is 8. The Morgan fingerprint density at radius 2 is 1.71 bits per heavy atom. The molecule has 0 saturated carbocycles. The first-order valence-electron chi connectivity index (χ1n) is 9.80. The lowest BCUT2D eigenvalue weighted by atomic mass is 9.98. The number of H-pyrrole nitrogens is 1. The molecule has 1 heterocycles. The second-order valence-corrected chi connectivity index (χ2v) is 7.83. The van der Waals surface area contributed by atoms with Gasteiger partial charge in [0, 0.05) is 11.3 Å². The molecule has 1 aromatic heterocycles. The standard InChI is InChI=1S/C24H22N4O2S/c1-30-21-13-11-19(12-14-21)22(18-5-3-2-4-6-18)27-23(29)20-9-7-17(8-10-20)15-31-24-25-16-26-28-24/h2-14,16,22H,15H2,1H3,(H,27,29)(H,25,26,28)/t22-/m1/s1. The van der Waals surface area contributed by atoms with Crippen LogP contribution in [0.3, 0.4) is 0 Å². The van der Waals surface area contributed by atoms with Crippen molar-refractivity contribution in [1.29, 1.82) is 0 Å². The van der Waals surface area contributed by atoms with Crippen molar-refractivity contribution in [3.63, 3.8) is 0 Å². The zero-order valence-corrected chi connectivity index (χ0v) is 17.8. The maximum Gasteiger partial charge on any atom is 0.252 e. The minimum Gasteiger partial charge on any atom is -0.497 e. The molecule has 3 aromatic carbocycles. The summed E-state index contributed by atoms with van der Waals surface area (Å²) in [6.45, 7) is 0. The Hall–Kier alpha value is -3.58. The number of aromatic amines is 1. The molecule has 0 saturated heterocycles. The van der Waals surface area contributed by atoms with Gasteiger partial charge in [0.15, 0.2) is 5.16 Å². The van der Waals surface area contributed by atoms with Crippen LogP contribution in [0.15, 0.2) is 90.3 Å². The van der Waals surface area contributed by atoms with Crippen LogP contribution < -0.4 is 10.1 Å². The first-order chi connectivity index (χ1) is 15.2. The molecule has 156 valence electrons. The predicted octanol–water partition coefficient (Wildman–Crippen LogP) is 4.63. The van der Waals surface area contributed by atoms with E-state index in [2.05, 4.69) is 20.5 Å². The molecule has 0 bridgehead atoms. The smallest absolute Gasteiger partial charge is 0.252 e. The second kappa shape index (κ2) is 9.95. The Bertz CT molecular complexity index is 1100. The lowest BCUT2D eigenvalue weighted by Crippen LogP contribution is -2.29. The lowest BCUT2D eigenvalue weighted by Gasteiger charge is -2.20. The average Bonchev–Trinajstić information content (AvgIpc) is 3.36. The van der Waals surface area contributed by atoms with Crippen LogP contribution >= 0.6 is 11.8 Å². The number of nitrogens with zero attached hydrogens (tertiary/aromatic N) is 2. The van der Waals surface area contributed by atoms with Gasteiger partial charge in [0.1, 0.15) is 12.1 Å². The van der Waals surface area contributed by atoms with E-state index in [9.17, 15) is 4.79 Å². The van der Waals surface area contributed by atoms with Gasteiger partial charge < -0.3 is 10.1 Å². The number of methoxy groups -OCH3 is 1. The van der Waals surface area contributed by atoms with Gasteiger partial charge in [-0.05, 0) is 41.0 Å². The second-order valence-electron chi connectivity index (χ2n) is 6.87. The first kappa shape index (κ1) is 20.7. The van der Waals surface area contributed by atoms with Crippen molar-refractivity contribution in [3.8, 4) is 5.75 Å². The topological polar surface area (TPSA) is 79.9 Å². The van der Waals surface area contributed by atoms with E-state index in [1.165, 1.54) is 6.33 Å². The van der Waals surface area contributed by atoms with E-state index in [0.717, 1.165) is 33.3 Å². The average molecular weight is 431 g/mol. The Kier molecular flexibility index (Phi) is 6.64. The molecule has 4 rings (SSSR count). The molecule has 1 atom stereocenters. The Balaban J connectivity index is 1.49. The molecule has 4 aromatic rings. The molecule has 0 aliphatic carbocycles. The molecule has 6 nitrogen and oxygen atoms in total.